The van der Waals surface area contributed by atoms with E-state index in [1.54, 1.807) is 12.1 Å². The third-order valence-corrected chi connectivity index (χ3v) is 6.36. The molecule has 28 heavy (non-hydrogen) atoms. The number of aromatic nitrogens is 1. The molecule has 7 heteroatoms. The van der Waals surface area contributed by atoms with Crippen molar-refractivity contribution >= 4 is 35.4 Å². The average molecular weight is 421 g/mol. The second kappa shape index (κ2) is 7.45. The van der Waals surface area contributed by atoms with Crippen molar-refractivity contribution < 1.29 is 14.4 Å². The largest absolute Gasteiger partial charge is 0.465 e. The minimum absolute atomic E-state index is 0.0778. The lowest BCUT2D eigenvalue weighted by molar-refractivity contribution is 0.113. The Bertz CT molecular complexity index is 905. The minimum atomic E-state index is -0.850. The summed E-state index contributed by atoms with van der Waals surface area (Å²) in [5.74, 6) is 1.28. The van der Waals surface area contributed by atoms with Gasteiger partial charge in [0.1, 0.15) is 11.5 Å². The number of amides is 1. The van der Waals surface area contributed by atoms with Crippen molar-refractivity contribution in [3.63, 3.8) is 0 Å². The van der Waals surface area contributed by atoms with Crippen LogP contribution in [0.15, 0.2) is 28.8 Å². The third-order valence-electron chi connectivity index (χ3n) is 5.73. The summed E-state index contributed by atoms with van der Waals surface area (Å²) in [7, 11) is 0. The number of hydrogen-bond donors (Lipinski definition) is 1. The fourth-order valence-electron chi connectivity index (χ4n) is 3.68. The molecule has 1 saturated carbocycles. The number of hydrogen-bond acceptors (Lipinski definition) is 3. The van der Waals surface area contributed by atoms with Gasteiger partial charge in [0.15, 0.2) is 0 Å². The van der Waals surface area contributed by atoms with Gasteiger partial charge in [0.25, 0.3) is 0 Å². The molecule has 1 aromatic heterocycles. The Balaban J connectivity index is 1.67. The van der Waals surface area contributed by atoms with Crippen molar-refractivity contribution in [3.8, 4) is 11.3 Å². The Labute approximate surface area is 173 Å². The van der Waals surface area contributed by atoms with Crippen molar-refractivity contribution in [2.75, 3.05) is 13.1 Å². The Morgan fingerprint density at radius 1 is 1.29 bits per heavy atom. The molecule has 1 saturated heterocycles. The van der Waals surface area contributed by atoms with Crippen molar-refractivity contribution in [2.24, 2.45) is 5.41 Å². The van der Waals surface area contributed by atoms with Crippen LogP contribution in [0.5, 0.6) is 0 Å². The van der Waals surface area contributed by atoms with E-state index in [2.05, 4.69) is 24.2 Å². The topological polar surface area (TPSA) is 66.6 Å². The highest BCUT2D eigenvalue weighted by Gasteiger charge is 2.34. The van der Waals surface area contributed by atoms with Gasteiger partial charge in [-0.15, -0.1) is 0 Å². The summed E-state index contributed by atoms with van der Waals surface area (Å²) in [6, 6.07) is 5.40. The molecule has 0 unspecified atom stereocenters. The zero-order chi connectivity index (χ0) is 19.9. The fraction of sp³-hybridized carbons (Fsp3) is 0.429. The van der Waals surface area contributed by atoms with E-state index in [9.17, 15) is 4.79 Å². The lowest BCUT2D eigenvalue weighted by atomic mass is 9.79. The van der Waals surface area contributed by atoms with Crippen molar-refractivity contribution in [1.82, 2.24) is 10.1 Å². The van der Waals surface area contributed by atoms with Gasteiger partial charge in [-0.3, -0.25) is 0 Å². The van der Waals surface area contributed by atoms with E-state index in [0.717, 1.165) is 37.0 Å². The summed E-state index contributed by atoms with van der Waals surface area (Å²) >= 11 is 12.8. The van der Waals surface area contributed by atoms with Crippen molar-refractivity contribution in [1.29, 1.82) is 0 Å². The minimum Gasteiger partial charge on any atom is -0.465 e. The van der Waals surface area contributed by atoms with Gasteiger partial charge in [0, 0.05) is 30.1 Å². The van der Waals surface area contributed by atoms with Gasteiger partial charge in [-0.05, 0) is 43.2 Å². The predicted molar refractivity (Wildman–Crippen MR) is 110 cm³/mol. The lowest BCUT2D eigenvalue weighted by Gasteiger charge is -2.36. The first-order valence-corrected chi connectivity index (χ1v) is 10.2. The number of rotatable bonds is 4. The number of carboxylic acid groups (broad SMARTS) is 1. The first-order chi connectivity index (χ1) is 13.4. The van der Waals surface area contributed by atoms with Gasteiger partial charge in [-0.25, -0.2) is 4.79 Å². The second-order valence-corrected chi connectivity index (χ2v) is 8.75. The average Bonchev–Trinajstić information content (AvgIpc) is 3.41. The Hall–Kier alpha value is -1.98. The summed E-state index contributed by atoms with van der Waals surface area (Å²) < 4.78 is 5.70. The van der Waals surface area contributed by atoms with Crippen LogP contribution >= 0.6 is 23.2 Å². The quantitative estimate of drug-likeness (QED) is 0.628. The second-order valence-electron chi connectivity index (χ2n) is 7.94. The van der Waals surface area contributed by atoms with E-state index in [-0.39, 0.29) is 5.41 Å². The number of nitrogens with zero attached hydrogens (tertiary/aromatic N) is 2. The summed E-state index contributed by atoms with van der Waals surface area (Å²) in [5, 5.41) is 14.6. The van der Waals surface area contributed by atoms with Crippen LogP contribution in [0.4, 0.5) is 4.79 Å². The van der Waals surface area contributed by atoms with Crippen LogP contribution < -0.4 is 0 Å². The number of piperidine rings is 1. The Morgan fingerprint density at radius 3 is 2.50 bits per heavy atom. The normalized spacial score (nSPS) is 19.3. The molecule has 1 N–H and O–H groups in total. The Morgan fingerprint density at radius 2 is 1.93 bits per heavy atom. The summed E-state index contributed by atoms with van der Waals surface area (Å²) in [4.78, 5) is 12.6. The molecule has 0 atom stereocenters. The Kier molecular flexibility index (Phi) is 5.15. The van der Waals surface area contributed by atoms with Crippen LogP contribution in [-0.4, -0.2) is 34.3 Å². The highest BCUT2D eigenvalue weighted by Crippen LogP contribution is 2.47. The zero-order valence-electron chi connectivity index (χ0n) is 15.6. The van der Waals surface area contributed by atoms with Crippen LogP contribution in [0.3, 0.4) is 0 Å². The van der Waals surface area contributed by atoms with Crippen LogP contribution in [-0.2, 0) is 0 Å². The van der Waals surface area contributed by atoms with Gasteiger partial charge in [0.2, 0.25) is 0 Å². The maximum atomic E-state index is 11.2. The van der Waals surface area contributed by atoms with Crippen molar-refractivity contribution in [2.45, 2.75) is 38.5 Å². The van der Waals surface area contributed by atoms with Crippen LogP contribution in [0.25, 0.3) is 17.3 Å². The van der Waals surface area contributed by atoms with E-state index in [4.69, 9.17) is 32.8 Å². The van der Waals surface area contributed by atoms with Gasteiger partial charge in [0.05, 0.1) is 10.0 Å². The van der Waals surface area contributed by atoms with Gasteiger partial charge in [-0.1, -0.05) is 53.5 Å². The van der Waals surface area contributed by atoms with Crippen LogP contribution in [0, 0.1) is 5.41 Å². The molecule has 4 rings (SSSR count). The maximum Gasteiger partial charge on any atom is 0.407 e. The standard InChI is InChI=1S/C21H22Cl2N2O3/c1-21(9-11-25(12-10-21)20(26)27)8-7-14-18(24-28-19(14)13-5-6-13)17-15(22)3-2-4-16(17)23/h2-4,7-8,13H,5-6,9-12H2,1H3,(H,26,27)/b8-7+. The van der Waals surface area contributed by atoms with Gasteiger partial charge < -0.3 is 14.5 Å². The van der Waals surface area contributed by atoms with E-state index < -0.39 is 6.09 Å². The zero-order valence-corrected chi connectivity index (χ0v) is 17.1. The molecule has 1 aliphatic carbocycles. The molecule has 1 aliphatic heterocycles. The van der Waals surface area contributed by atoms with Gasteiger partial charge in [-0.2, -0.15) is 0 Å². The maximum absolute atomic E-state index is 11.2. The summed E-state index contributed by atoms with van der Waals surface area (Å²) in [6.07, 6.45) is 7.13. The number of benzene rings is 1. The highest BCUT2D eigenvalue weighted by atomic mass is 35.5. The fourth-order valence-corrected chi connectivity index (χ4v) is 4.25. The lowest BCUT2D eigenvalue weighted by Crippen LogP contribution is -2.40. The van der Waals surface area contributed by atoms with Gasteiger partial charge >= 0.3 is 6.09 Å². The summed E-state index contributed by atoms with van der Waals surface area (Å²) in [5.41, 5.74) is 2.21. The van der Waals surface area contributed by atoms with E-state index >= 15 is 0 Å². The van der Waals surface area contributed by atoms with Crippen LogP contribution in [0.2, 0.25) is 10.0 Å². The van der Waals surface area contributed by atoms with E-state index in [1.807, 2.05) is 6.07 Å². The SMILES string of the molecule is CC1(/C=C/c2c(-c3c(Cl)cccc3Cl)noc2C2CC2)CCN(C(=O)O)CC1. The first-order valence-electron chi connectivity index (χ1n) is 9.49. The van der Waals surface area contributed by atoms with Crippen molar-refractivity contribution in [3.05, 3.63) is 45.6 Å². The predicted octanol–water partition coefficient (Wildman–Crippen LogP) is 6.32. The molecule has 0 spiro atoms. The first kappa shape index (κ1) is 19.3. The third kappa shape index (κ3) is 3.78. The molecular weight excluding hydrogens is 399 g/mol. The molecule has 1 aromatic carbocycles. The molecular formula is C21H22Cl2N2O3. The van der Waals surface area contributed by atoms with E-state index in [1.165, 1.54) is 4.90 Å². The number of likely N-dealkylation sites (tertiary alicyclic amines) is 1. The molecule has 2 heterocycles. The number of allylic oxidation sites excluding steroid dienone is 1. The highest BCUT2D eigenvalue weighted by molar-refractivity contribution is 6.39. The monoisotopic (exact) mass is 420 g/mol. The summed E-state index contributed by atoms with van der Waals surface area (Å²) in [6.45, 7) is 3.24. The number of carbonyl (C=O) groups is 1. The number of halogens is 2. The molecule has 0 bridgehead atoms. The molecule has 5 nitrogen and oxygen atoms in total. The van der Waals surface area contributed by atoms with E-state index in [0.29, 0.717) is 40.3 Å². The smallest absolute Gasteiger partial charge is 0.407 e. The molecule has 1 amide bonds. The molecule has 2 aliphatic rings. The molecule has 2 fully saturated rings. The van der Waals surface area contributed by atoms with Crippen LogP contribution in [0.1, 0.15) is 49.8 Å². The molecule has 2 aromatic rings. The molecule has 0 radical (unpaired) electrons. The molecule has 148 valence electrons.